The van der Waals surface area contributed by atoms with Crippen molar-refractivity contribution >= 4 is 9.84 Å². The maximum Gasteiger partial charge on any atom is 0.153 e. The number of ether oxygens (including phenoxy) is 1. The van der Waals surface area contributed by atoms with Crippen LogP contribution in [-0.2, 0) is 14.6 Å². The van der Waals surface area contributed by atoms with Gasteiger partial charge in [-0.2, -0.15) is 0 Å². The van der Waals surface area contributed by atoms with Crippen LogP contribution in [0.3, 0.4) is 0 Å². The average Bonchev–Trinajstić information content (AvgIpc) is 2.09. The molecule has 5 heteroatoms. The Morgan fingerprint density at radius 2 is 1.93 bits per heavy atom. The number of rotatable bonds is 7. The molecule has 1 atom stereocenters. The van der Waals surface area contributed by atoms with E-state index in [9.17, 15) is 8.42 Å². The molecule has 0 saturated heterocycles. The van der Waals surface area contributed by atoms with E-state index >= 15 is 0 Å². The van der Waals surface area contributed by atoms with E-state index in [1.54, 1.807) is 13.8 Å². The zero-order valence-electron chi connectivity index (χ0n) is 10.3. The smallest absolute Gasteiger partial charge is 0.153 e. The highest BCUT2D eigenvalue weighted by molar-refractivity contribution is 7.92. The van der Waals surface area contributed by atoms with Gasteiger partial charge in [-0.25, -0.2) is 8.42 Å². The van der Waals surface area contributed by atoms with Crippen molar-refractivity contribution in [3.8, 4) is 0 Å². The third kappa shape index (κ3) is 5.49. The van der Waals surface area contributed by atoms with Gasteiger partial charge in [-0.15, -0.1) is 0 Å². The standard InChI is InChI=1S/C10H23NO3S/c1-6-14-7-9(2)11-8-10(3,4)15(5,12)13/h9,11H,6-8H2,1-5H3. The molecule has 0 aliphatic heterocycles. The highest BCUT2D eigenvalue weighted by atomic mass is 32.2. The van der Waals surface area contributed by atoms with Crippen molar-refractivity contribution in [3.05, 3.63) is 0 Å². The minimum absolute atomic E-state index is 0.172. The quantitative estimate of drug-likeness (QED) is 0.712. The van der Waals surface area contributed by atoms with E-state index in [4.69, 9.17) is 4.74 Å². The second kappa shape index (κ2) is 5.82. The van der Waals surface area contributed by atoms with Gasteiger partial charge in [-0.3, -0.25) is 0 Å². The molecular weight excluding hydrogens is 214 g/mol. The summed E-state index contributed by atoms with van der Waals surface area (Å²) in [6, 6.07) is 0.172. The van der Waals surface area contributed by atoms with Crippen LogP contribution in [0.15, 0.2) is 0 Å². The van der Waals surface area contributed by atoms with Crippen molar-refractivity contribution in [2.75, 3.05) is 26.0 Å². The maximum absolute atomic E-state index is 11.4. The normalized spacial score (nSPS) is 15.3. The summed E-state index contributed by atoms with van der Waals surface area (Å²) in [6.07, 6.45) is 1.27. The molecule has 0 heterocycles. The molecule has 0 aliphatic rings. The topological polar surface area (TPSA) is 55.4 Å². The summed E-state index contributed by atoms with van der Waals surface area (Å²) >= 11 is 0. The Balaban J connectivity index is 4.05. The summed E-state index contributed by atoms with van der Waals surface area (Å²) in [4.78, 5) is 0. The molecule has 0 fully saturated rings. The van der Waals surface area contributed by atoms with E-state index in [1.807, 2.05) is 13.8 Å². The average molecular weight is 237 g/mol. The van der Waals surface area contributed by atoms with Crippen molar-refractivity contribution in [2.45, 2.75) is 38.5 Å². The zero-order valence-corrected chi connectivity index (χ0v) is 11.1. The maximum atomic E-state index is 11.4. The zero-order chi connectivity index (χ0) is 12.1. The molecule has 4 nitrogen and oxygen atoms in total. The highest BCUT2D eigenvalue weighted by Gasteiger charge is 2.29. The van der Waals surface area contributed by atoms with E-state index in [1.165, 1.54) is 6.26 Å². The van der Waals surface area contributed by atoms with Gasteiger partial charge in [-0.1, -0.05) is 0 Å². The first kappa shape index (κ1) is 14.9. The van der Waals surface area contributed by atoms with Gasteiger partial charge in [-0.05, 0) is 27.7 Å². The van der Waals surface area contributed by atoms with Crippen LogP contribution in [0, 0.1) is 0 Å². The van der Waals surface area contributed by atoms with Crippen LogP contribution in [0.1, 0.15) is 27.7 Å². The molecule has 0 radical (unpaired) electrons. The molecule has 0 aromatic heterocycles. The summed E-state index contributed by atoms with van der Waals surface area (Å²) in [7, 11) is -3.02. The first-order chi connectivity index (χ1) is 6.70. The molecule has 15 heavy (non-hydrogen) atoms. The van der Waals surface area contributed by atoms with E-state index < -0.39 is 14.6 Å². The number of hydrogen-bond donors (Lipinski definition) is 1. The SMILES string of the molecule is CCOCC(C)NCC(C)(C)S(C)(=O)=O. The highest BCUT2D eigenvalue weighted by Crippen LogP contribution is 2.13. The molecular formula is C10H23NO3S. The third-order valence-corrected chi connectivity index (χ3v) is 4.60. The lowest BCUT2D eigenvalue weighted by Gasteiger charge is -2.25. The summed E-state index contributed by atoms with van der Waals surface area (Å²) in [5.74, 6) is 0. The predicted molar refractivity (Wildman–Crippen MR) is 62.9 cm³/mol. The Kier molecular flexibility index (Phi) is 5.77. The van der Waals surface area contributed by atoms with Gasteiger partial charge in [0.2, 0.25) is 0 Å². The minimum Gasteiger partial charge on any atom is -0.380 e. The second-order valence-electron chi connectivity index (χ2n) is 4.47. The molecule has 0 aliphatic carbocycles. The van der Waals surface area contributed by atoms with Crippen molar-refractivity contribution in [1.29, 1.82) is 0 Å². The van der Waals surface area contributed by atoms with Gasteiger partial charge in [0.05, 0.1) is 11.4 Å². The number of nitrogens with one attached hydrogen (secondary N) is 1. The fraction of sp³-hybridized carbons (Fsp3) is 1.00. The molecule has 1 unspecified atom stereocenters. The van der Waals surface area contributed by atoms with Crippen LogP contribution in [-0.4, -0.2) is 45.2 Å². The number of hydrogen-bond acceptors (Lipinski definition) is 4. The molecule has 0 amide bonds. The van der Waals surface area contributed by atoms with Gasteiger partial charge in [0.15, 0.2) is 9.84 Å². The van der Waals surface area contributed by atoms with E-state index in [0.29, 0.717) is 19.8 Å². The van der Waals surface area contributed by atoms with Gasteiger partial charge in [0, 0.05) is 25.4 Å². The van der Waals surface area contributed by atoms with Crippen molar-refractivity contribution in [3.63, 3.8) is 0 Å². The fourth-order valence-corrected chi connectivity index (χ4v) is 1.25. The third-order valence-electron chi connectivity index (χ3n) is 2.45. The monoisotopic (exact) mass is 237 g/mol. The van der Waals surface area contributed by atoms with E-state index in [-0.39, 0.29) is 6.04 Å². The Morgan fingerprint density at radius 1 is 1.40 bits per heavy atom. The summed E-state index contributed by atoms with van der Waals surface area (Å²) in [5, 5.41) is 3.16. The second-order valence-corrected chi connectivity index (χ2v) is 7.12. The Hall–Kier alpha value is -0.130. The van der Waals surface area contributed by atoms with Crippen LogP contribution in [0.4, 0.5) is 0 Å². The van der Waals surface area contributed by atoms with Crippen molar-refractivity contribution < 1.29 is 13.2 Å². The minimum atomic E-state index is -3.02. The number of sulfone groups is 1. The molecule has 0 saturated carbocycles. The molecule has 1 N–H and O–H groups in total. The van der Waals surface area contributed by atoms with Crippen LogP contribution in [0.2, 0.25) is 0 Å². The molecule has 0 aromatic carbocycles. The summed E-state index contributed by atoms with van der Waals surface area (Å²) in [5.41, 5.74) is 0. The molecule has 0 bridgehead atoms. The summed E-state index contributed by atoms with van der Waals surface area (Å²) in [6.45, 7) is 9.10. The Bertz CT molecular complexity index is 272. The summed E-state index contributed by atoms with van der Waals surface area (Å²) < 4.78 is 27.3. The van der Waals surface area contributed by atoms with Crippen LogP contribution < -0.4 is 5.32 Å². The fourth-order valence-electron chi connectivity index (χ4n) is 0.905. The van der Waals surface area contributed by atoms with Gasteiger partial charge in [0.1, 0.15) is 0 Å². The first-order valence-corrected chi connectivity index (χ1v) is 7.10. The molecule has 0 spiro atoms. The van der Waals surface area contributed by atoms with Crippen molar-refractivity contribution in [2.24, 2.45) is 0 Å². The lowest BCUT2D eigenvalue weighted by atomic mass is 10.2. The predicted octanol–water partition coefficient (Wildman–Crippen LogP) is 0.824. The van der Waals surface area contributed by atoms with Crippen LogP contribution >= 0.6 is 0 Å². The molecule has 0 aromatic rings. The molecule has 0 rings (SSSR count). The Labute approximate surface area is 93.3 Å². The van der Waals surface area contributed by atoms with Gasteiger partial charge >= 0.3 is 0 Å². The largest absolute Gasteiger partial charge is 0.380 e. The van der Waals surface area contributed by atoms with Crippen LogP contribution in [0.5, 0.6) is 0 Å². The van der Waals surface area contributed by atoms with E-state index in [2.05, 4.69) is 5.32 Å². The van der Waals surface area contributed by atoms with Crippen molar-refractivity contribution in [1.82, 2.24) is 5.32 Å². The van der Waals surface area contributed by atoms with Gasteiger partial charge in [0.25, 0.3) is 0 Å². The molecule has 92 valence electrons. The van der Waals surface area contributed by atoms with E-state index in [0.717, 1.165) is 0 Å². The lowest BCUT2D eigenvalue weighted by molar-refractivity contribution is 0.127. The van der Waals surface area contributed by atoms with Gasteiger partial charge < -0.3 is 10.1 Å². The lowest BCUT2D eigenvalue weighted by Crippen LogP contribution is -2.45. The van der Waals surface area contributed by atoms with Crippen LogP contribution in [0.25, 0.3) is 0 Å². The Morgan fingerprint density at radius 3 is 2.33 bits per heavy atom. The first-order valence-electron chi connectivity index (χ1n) is 5.21.